The number of carboxylic acid groups (broad SMARTS) is 1. The lowest BCUT2D eigenvalue weighted by Crippen LogP contribution is -2.45. The van der Waals surface area contributed by atoms with Gasteiger partial charge < -0.3 is 20.3 Å². The SMILES string of the molecule is CCCn1ccc2ccc(NC(=O)NC(C)(C)CCC(=O)O)cc21. The second-order valence-electron chi connectivity index (χ2n) is 6.64. The third-order valence-corrected chi connectivity index (χ3v) is 3.91. The number of fused-ring (bicyclic) bond motifs is 1. The topological polar surface area (TPSA) is 83.4 Å². The fourth-order valence-electron chi connectivity index (χ4n) is 2.65. The number of urea groups is 1. The minimum absolute atomic E-state index is 0.0176. The van der Waals surface area contributed by atoms with Crippen LogP contribution in [0.25, 0.3) is 10.9 Å². The van der Waals surface area contributed by atoms with Gasteiger partial charge in [-0.3, -0.25) is 4.79 Å². The number of amides is 2. The van der Waals surface area contributed by atoms with Crippen molar-refractivity contribution in [1.82, 2.24) is 9.88 Å². The Hall–Kier alpha value is -2.50. The molecule has 0 unspecified atom stereocenters. The summed E-state index contributed by atoms with van der Waals surface area (Å²) in [6.45, 7) is 6.68. The number of carbonyl (C=O) groups excluding carboxylic acids is 1. The molecule has 1 heterocycles. The van der Waals surface area contributed by atoms with Crippen LogP contribution in [-0.2, 0) is 11.3 Å². The van der Waals surface area contributed by atoms with Crippen LogP contribution in [0.2, 0.25) is 0 Å². The Bertz CT molecular complexity index is 734. The molecule has 0 radical (unpaired) electrons. The second-order valence-corrected chi connectivity index (χ2v) is 6.64. The Balaban J connectivity index is 2.04. The molecule has 130 valence electrons. The van der Waals surface area contributed by atoms with Gasteiger partial charge in [0.15, 0.2) is 0 Å². The van der Waals surface area contributed by atoms with Crippen LogP contribution in [0, 0.1) is 0 Å². The highest BCUT2D eigenvalue weighted by atomic mass is 16.4. The number of nitrogens with zero attached hydrogens (tertiary/aromatic N) is 1. The number of carboxylic acids is 1. The quantitative estimate of drug-likeness (QED) is 0.721. The van der Waals surface area contributed by atoms with Crippen LogP contribution in [0.4, 0.5) is 10.5 Å². The van der Waals surface area contributed by atoms with Gasteiger partial charge in [0.2, 0.25) is 0 Å². The summed E-state index contributed by atoms with van der Waals surface area (Å²) in [6.07, 6.45) is 3.48. The van der Waals surface area contributed by atoms with E-state index in [4.69, 9.17) is 5.11 Å². The fraction of sp³-hybridized carbons (Fsp3) is 0.444. The second kappa shape index (κ2) is 7.38. The normalized spacial score (nSPS) is 11.5. The Morgan fingerprint density at radius 2 is 2.00 bits per heavy atom. The number of hydrogen-bond acceptors (Lipinski definition) is 2. The molecular formula is C18H25N3O3. The van der Waals surface area contributed by atoms with Crippen LogP contribution in [0.5, 0.6) is 0 Å². The van der Waals surface area contributed by atoms with Gasteiger partial charge in [-0.15, -0.1) is 0 Å². The zero-order valence-electron chi connectivity index (χ0n) is 14.4. The number of benzene rings is 1. The Morgan fingerprint density at radius 3 is 2.67 bits per heavy atom. The Morgan fingerprint density at radius 1 is 1.25 bits per heavy atom. The molecule has 1 aromatic carbocycles. The zero-order chi connectivity index (χ0) is 17.7. The molecule has 0 aliphatic carbocycles. The lowest BCUT2D eigenvalue weighted by atomic mass is 9.99. The molecule has 2 aromatic rings. The van der Waals surface area contributed by atoms with Gasteiger partial charge in [0, 0.05) is 30.4 Å². The monoisotopic (exact) mass is 331 g/mol. The van der Waals surface area contributed by atoms with Crippen molar-refractivity contribution in [3.05, 3.63) is 30.5 Å². The van der Waals surface area contributed by atoms with E-state index in [2.05, 4.69) is 28.2 Å². The zero-order valence-corrected chi connectivity index (χ0v) is 14.4. The predicted molar refractivity (Wildman–Crippen MR) is 95.3 cm³/mol. The Kier molecular flexibility index (Phi) is 5.49. The van der Waals surface area contributed by atoms with Crippen molar-refractivity contribution in [2.24, 2.45) is 0 Å². The molecule has 1 aromatic heterocycles. The number of rotatable bonds is 7. The summed E-state index contributed by atoms with van der Waals surface area (Å²) in [7, 11) is 0. The van der Waals surface area contributed by atoms with Gasteiger partial charge in [-0.1, -0.05) is 13.0 Å². The smallest absolute Gasteiger partial charge is 0.319 e. The van der Waals surface area contributed by atoms with Gasteiger partial charge in [-0.05, 0) is 50.3 Å². The average molecular weight is 331 g/mol. The van der Waals surface area contributed by atoms with Gasteiger partial charge in [0.05, 0.1) is 5.52 Å². The number of aliphatic carboxylic acids is 1. The highest BCUT2D eigenvalue weighted by Gasteiger charge is 2.21. The summed E-state index contributed by atoms with van der Waals surface area (Å²) < 4.78 is 2.16. The third-order valence-electron chi connectivity index (χ3n) is 3.91. The van der Waals surface area contributed by atoms with Crippen molar-refractivity contribution >= 4 is 28.6 Å². The summed E-state index contributed by atoms with van der Waals surface area (Å²) in [5.74, 6) is -0.868. The minimum atomic E-state index is -0.868. The maximum absolute atomic E-state index is 12.2. The largest absolute Gasteiger partial charge is 0.481 e. The first-order valence-electron chi connectivity index (χ1n) is 8.20. The molecule has 0 fully saturated rings. The Labute approximate surface area is 141 Å². The van der Waals surface area contributed by atoms with Gasteiger partial charge >= 0.3 is 12.0 Å². The highest BCUT2D eigenvalue weighted by Crippen LogP contribution is 2.21. The summed E-state index contributed by atoms with van der Waals surface area (Å²) in [5, 5.41) is 15.5. The number of anilines is 1. The van der Waals surface area contributed by atoms with Crippen molar-refractivity contribution in [2.75, 3.05) is 5.32 Å². The molecule has 0 aliphatic rings. The van der Waals surface area contributed by atoms with Crippen molar-refractivity contribution in [3.8, 4) is 0 Å². The molecule has 2 amide bonds. The first-order chi connectivity index (χ1) is 11.3. The van der Waals surface area contributed by atoms with Crippen molar-refractivity contribution in [3.63, 3.8) is 0 Å². The molecule has 6 nitrogen and oxygen atoms in total. The molecule has 0 saturated heterocycles. The van der Waals surface area contributed by atoms with Crippen LogP contribution in [0.3, 0.4) is 0 Å². The minimum Gasteiger partial charge on any atom is -0.481 e. The first kappa shape index (κ1) is 17.8. The average Bonchev–Trinajstić information content (AvgIpc) is 2.88. The number of aryl methyl sites for hydroxylation is 1. The van der Waals surface area contributed by atoms with E-state index < -0.39 is 11.5 Å². The molecule has 0 bridgehead atoms. The summed E-state index contributed by atoms with van der Waals surface area (Å²) in [6, 6.07) is 7.52. The van der Waals surface area contributed by atoms with E-state index in [-0.39, 0.29) is 12.5 Å². The predicted octanol–water partition coefficient (Wildman–Crippen LogP) is 3.82. The molecule has 0 atom stereocenters. The highest BCUT2D eigenvalue weighted by molar-refractivity contribution is 5.93. The molecule has 24 heavy (non-hydrogen) atoms. The fourth-order valence-corrected chi connectivity index (χ4v) is 2.65. The standard InChI is InChI=1S/C18H25N3O3/c1-4-10-21-11-8-13-5-6-14(12-15(13)21)19-17(24)20-18(2,3)9-7-16(22)23/h5-6,8,11-12H,4,7,9-10H2,1-3H3,(H,22,23)(H2,19,20,24). The molecular weight excluding hydrogens is 306 g/mol. The van der Waals surface area contributed by atoms with E-state index in [0.717, 1.165) is 23.9 Å². The van der Waals surface area contributed by atoms with E-state index >= 15 is 0 Å². The number of nitrogens with one attached hydrogen (secondary N) is 2. The molecule has 6 heteroatoms. The van der Waals surface area contributed by atoms with Gasteiger partial charge in [0.1, 0.15) is 0 Å². The first-order valence-corrected chi connectivity index (χ1v) is 8.20. The van der Waals surface area contributed by atoms with Crippen LogP contribution in [-0.4, -0.2) is 27.2 Å². The van der Waals surface area contributed by atoms with Gasteiger partial charge in [-0.2, -0.15) is 0 Å². The third kappa shape index (κ3) is 4.75. The maximum atomic E-state index is 12.2. The summed E-state index contributed by atoms with van der Waals surface area (Å²) in [4.78, 5) is 22.9. The number of aromatic nitrogens is 1. The van der Waals surface area contributed by atoms with E-state index in [9.17, 15) is 9.59 Å². The molecule has 0 spiro atoms. The van der Waals surface area contributed by atoms with Gasteiger partial charge in [0.25, 0.3) is 0 Å². The lowest BCUT2D eigenvalue weighted by molar-refractivity contribution is -0.137. The van der Waals surface area contributed by atoms with Gasteiger partial charge in [-0.25, -0.2) is 4.79 Å². The van der Waals surface area contributed by atoms with Crippen LogP contribution in [0.1, 0.15) is 40.0 Å². The maximum Gasteiger partial charge on any atom is 0.319 e. The van der Waals surface area contributed by atoms with Crippen molar-refractivity contribution in [2.45, 2.75) is 52.1 Å². The number of hydrogen-bond donors (Lipinski definition) is 3. The van der Waals surface area contributed by atoms with E-state index in [1.165, 1.54) is 0 Å². The molecule has 2 rings (SSSR count). The van der Waals surface area contributed by atoms with Crippen LogP contribution < -0.4 is 10.6 Å². The molecule has 0 saturated carbocycles. The van der Waals surface area contributed by atoms with E-state index in [1.807, 2.05) is 38.2 Å². The van der Waals surface area contributed by atoms with Crippen LogP contribution >= 0.6 is 0 Å². The summed E-state index contributed by atoms with van der Waals surface area (Å²) in [5.41, 5.74) is 1.21. The lowest BCUT2D eigenvalue weighted by Gasteiger charge is -2.25. The number of carbonyl (C=O) groups is 2. The molecule has 0 aliphatic heterocycles. The summed E-state index contributed by atoms with van der Waals surface area (Å²) >= 11 is 0. The van der Waals surface area contributed by atoms with Crippen molar-refractivity contribution < 1.29 is 14.7 Å². The van der Waals surface area contributed by atoms with Crippen molar-refractivity contribution in [1.29, 1.82) is 0 Å². The van der Waals surface area contributed by atoms with Crippen LogP contribution in [0.15, 0.2) is 30.5 Å². The van der Waals surface area contributed by atoms with E-state index in [0.29, 0.717) is 12.1 Å². The van der Waals surface area contributed by atoms with E-state index in [1.54, 1.807) is 0 Å². The molecule has 3 N–H and O–H groups in total.